The topological polar surface area (TPSA) is 124 Å². The summed E-state index contributed by atoms with van der Waals surface area (Å²) in [7, 11) is 0. The van der Waals surface area contributed by atoms with Gasteiger partial charge >= 0.3 is 35.5 Å². The fourth-order valence-corrected chi connectivity index (χ4v) is 1.77. The largest absolute Gasteiger partial charge is 1.00 e. The van der Waals surface area contributed by atoms with Gasteiger partial charge in [-0.05, 0) is 18.2 Å². The average molecular weight is 295 g/mol. The molecule has 0 spiro atoms. The van der Waals surface area contributed by atoms with Crippen molar-refractivity contribution in [1.82, 2.24) is 20.2 Å². The van der Waals surface area contributed by atoms with Gasteiger partial charge in [0.1, 0.15) is 5.56 Å². The van der Waals surface area contributed by atoms with Crippen LogP contribution >= 0.6 is 0 Å². The molecule has 102 valence electrons. The zero-order chi connectivity index (χ0) is 14.1. The minimum Gasteiger partial charge on any atom is -1.00 e. The molecule has 0 atom stereocenters. The van der Waals surface area contributed by atoms with Crippen LogP contribution in [0.1, 0.15) is 11.8 Å². The Kier molecular flexibility index (Phi) is 4.41. The standard InChI is InChI=1S/C12H9N5O3.Na.H/c18-10-8(11(19)20)5-13-12(16-10)15-7-1-2-9-6(3-7)4-14-17-9;;/h1-5H,(H,14,17)(H,19,20)(H2,13,15,16,18);;/q;+1;-1. The van der Waals surface area contributed by atoms with Crippen molar-refractivity contribution in [2.75, 3.05) is 5.32 Å². The number of rotatable bonds is 3. The number of nitrogens with one attached hydrogen (secondary N) is 3. The number of benzene rings is 1. The Morgan fingerprint density at radius 1 is 1.33 bits per heavy atom. The number of aromatic amines is 2. The van der Waals surface area contributed by atoms with Gasteiger partial charge in [0.2, 0.25) is 5.95 Å². The van der Waals surface area contributed by atoms with E-state index < -0.39 is 17.1 Å². The first-order valence-corrected chi connectivity index (χ1v) is 5.66. The summed E-state index contributed by atoms with van der Waals surface area (Å²) in [6, 6.07) is 5.43. The first kappa shape index (κ1) is 15.2. The molecule has 0 unspecified atom stereocenters. The van der Waals surface area contributed by atoms with E-state index in [-0.39, 0.29) is 36.9 Å². The van der Waals surface area contributed by atoms with Gasteiger partial charge in [-0.1, -0.05) is 0 Å². The van der Waals surface area contributed by atoms with Gasteiger partial charge < -0.3 is 11.8 Å². The summed E-state index contributed by atoms with van der Waals surface area (Å²) in [4.78, 5) is 28.4. The van der Waals surface area contributed by atoms with E-state index in [2.05, 4.69) is 25.5 Å². The predicted octanol–water partition coefficient (Wildman–Crippen LogP) is -1.80. The molecule has 0 saturated heterocycles. The van der Waals surface area contributed by atoms with Crippen molar-refractivity contribution in [3.05, 3.63) is 46.5 Å². The van der Waals surface area contributed by atoms with Gasteiger partial charge in [0, 0.05) is 11.1 Å². The second-order valence-electron chi connectivity index (χ2n) is 4.08. The Labute approximate surface area is 141 Å². The molecule has 2 aromatic heterocycles. The molecule has 8 nitrogen and oxygen atoms in total. The smallest absolute Gasteiger partial charge is 1.00 e. The number of carboxylic acid groups (broad SMARTS) is 1. The predicted molar refractivity (Wildman–Crippen MR) is 72.3 cm³/mol. The van der Waals surface area contributed by atoms with Crippen molar-refractivity contribution in [2.24, 2.45) is 0 Å². The maximum Gasteiger partial charge on any atom is 1.00 e. The number of aromatic carboxylic acids is 1. The summed E-state index contributed by atoms with van der Waals surface area (Å²) >= 11 is 0. The molecule has 3 aromatic rings. The number of nitrogens with zero attached hydrogens (tertiary/aromatic N) is 2. The Balaban J connectivity index is 0.00000121. The van der Waals surface area contributed by atoms with Crippen LogP contribution < -0.4 is 40.4 Å². The van der Waals surface area contributed by atoms with Gasteiger partial charge in [-0.2, -0.15) is 5.10 Å². The molecule has 21 heavy (non-hydrogen) atoms. The van der Waals surface area contributed by atoms with E-state index >= 15 is 0 Å². The maximum atomic E-state index is 11.5. The van der Waals surface area contributed by atoms with E-state index in [1.165, 1.54) is 0 Å². The van der Waals surface area contributed by atoms with Crippen molar-refractivity contribution < 1.29 is 40.9 Å². The number of carboxylic acids is 1. The minimum absolute atomic E-state index is 0. The summed E-state index contributed by atoms with van der Waals surface area (Å²) in [5.41, 5.74) is 0.476. The fourth-order valence-electron chi connectivity index (χ4n) is 1.77. The zero-order valence-corrected chi connectivity index (χ0v) is 13.0. The Bertz CT molecular complexity index is 863. The summed E-state index contributed by atoms with van der Waals surface area (Å²) in [5.74, 6) is -1.15. The number of hydrogen-bond donors (Lipinski definition) is 4. The third-order valence-electron chi connectivity index (χ3n) is 2.73. The van der Waals surface area contributed by atoms with E-state index in [0.29, 0.717) is 5.69 Å². The third kappa shape index (κ3) is 3.13. The van der Waals surface area contributed by atoms with Crippen LogP contribution in [-0.2, 0) is 0 Å². The van der Waals surface area contributed by atoms with Crippen LogP contribution in [0.2, 0.25) is 0 Å². The zero-order valence-electron chi connectivity index (χ0n) is 12.0. The van der Waals surface area contributed by atoms with E-state index in [9.17, 15) is 9.59 Å². The maximum absolute atomic E-state index is 11.5. The number of aromatic nitrogens is 4. The van der Waals surface area contributed by atoms with Crippen molar-refractivity contribution in [3.8, 4) is 0 Å². The van der Waals surface area contributed by atoms with Gasteiger partial charge in [-0.15, -0.1) is 0 Å². The molecule has 0 aliphatic rings. The molecule has 9 heteroatoms. The molecule has 0 saturated carbocycles. The quantitative estimate of drug-likeness (QED) is 0.423. The van der Waals surface area contributed by atoms with Crippen LogP contribution in [0, 0.1) is 0 Å². The molecule has 2 heterocycles. The van der Waals surface area contributed by atoms with Crippen LogP contribution in [-0.4, -0.2) is 31.2 Å². The summed E-state index contributed by atoms with van der Waals surface area (Å²) < 4.78 is 0. The molecule has 3 rings (SSSR count). The van der Waals surface area contributed by atoms with Crippen molar-refractivity contribution in [3.63, 3.8) is 0 Å². The van der Waals surface area contributed by atoms with E-state index in [1.54, 1.807) is 12.3 Å². The second-order valence-corrected chi connectivity index (χ2v) is 4.08. The van der Waals surface area contributed by atoms with Crippen molar-refractivity contribution in [2.45, 2.75) is 0 Å². The number of carbonyl (C=O) groups is 1. The first-order chi connectivity index (χ1) is 9.63. The Morgan fingerprint density at radius 2 is 2.14 bits per heavy atom. The Morgan fingerprint density at radius 3 is 2.86 bits per heavy atom. The molecule has 0 bridgehead atoms. The molecule has 1 aromatic carbocycles. The third-order valence-corrected chi connectivity index (χ3v) is 2.73. The minimum atomic E-state index is -1.31. The number of anilines is 2. The molecular formula is C12H10N5NaO3. The van der Waals surface area contributed by atoms with Gasteiger partial charge in [0.15, 0.2) is 0 Å². The van der Waals surface area contributed by atoms with Crippen LogP contribution in [0.25, 0.3) is 10.9 Å². The summed E-state index contributed by atoms with van der Waals surface area (Å²) in [6.45, 7) is 0. The number of H-pyrrole nitrogens is 2. The first-order valence-electron chi connectivity index (χ1n) is 5.66. The summed E-state index contributed by atoms with van der Waals surface area (Å²) in [5, 5.41) is 19.3. The molecule has 0 radical (unpaired) electrons. The molecule has 4 N–H and O–H groups in total. The van der Waals surface area contributed by atoms with Gasteiger partial charge in [-0.3, -0.25) is 14.9 Å². The molecule has 0 amide bonds. The van der Waals surface area contributed by atoms with E-state index in [4.69, 9.17) is 5.11 Å². The average Bonchev–Trinajstić information content (AvgIpc) is 2.85. The number of hydrogen-bond acceptors (Lipinski definition) is 5. The molecular weight excluding hydrogens is 285 g/mol. The van der Waals surface area contributed by atoms with Gasteiger partial charge in [0.05, 0.1) is 17.9 Å². The van der Waals surface area contributed by atoms with Crippen molar-refractivity contribution >= 4 is 28.5 Å². The Hall–Kier alpha value is -2.16. The molecule has 0 fully saturated rings. The second kappa shape index (κ2) is 6.08. The van der Waals surface area contributed by atoms with Gasteiger partial charge in [0.25, 0.3) is 5.56 Å². The van der Waals surface area contributed by atoms with E-state index in [1.807, 2.05) is 12.1 Å². The number of fused-ring (bicyclic) bond motifs is 1. The summed E-state index contributed by atoms with van der Waals surface area (Å²) in [6.07, 6.45) is 2.68. The van der Waals surface area contributed by atoms with Crippen molar-refractivity contribution in [1.29, 1.82) is 0 Å². The molecule has 0 aliphatic carbocycles. The van der Waals surface area contributed by atoms with Gasteiger partial charge in [-0.25, -0.2) is 9.78 Å². The fraction of sp³-hybridized carbons (Fsp3) is 0. The van der Waals surface area contributed by atoms with Crippen LogP contribution in [0.5, 0.6) is 0 Å². The van der Waals surface area contributed by atoms with Crippen LogP contribution in [0.4, 0.5) is 11.6 Å². The monoisotopic (exact) mass is 295 g/mol. The van der Waals surface area contributed by atoms with Crippen LogP contribution in [0.3, 0.4) is 0 Å². The molecule has 0 aliphatic heterocycles. The van der Waals surface area contributed by atoms with E-state index in [0.717, 1.165) is 17.1 Å². The SMILES string of the molecule is O=C(O)c1cnc(Nc2ccc3[nH]ncc3c2)[nH]c1=O.[H-].[Na+]. The van der Waals surface area contributed by atoms with Crippen LogP contribution in [0.15, 0.2) is 35.4 Å². The normalized spacial score (nSPS) is 10.1.